The Morgan fingerprint density at radius 2 is 1.95 bits per heavy atom. The van der Waals surface area contributed by atoms with Crippen molar-refractivity contribution < 1.29 is 23.4 Å². The van der Waals surface area contributed by atoms with E-state index >= 15 is 0 Å². The monoisotopic (exact) mass is 354 g/mol. The van der Waals surface area contributed by atoms with Gasteiger partial charge in [0.1, 0.15) is 11.6 Å². The van der Waals surface area contributed by atoms with E-state index in [0.717, 1.165) is 18.2 Å². The van der Waals surface area contributed by atoms with Gasteiger partial charge in [-0.3, -0.25) is 0 Å². The van der Waals surface area contributed by atoms with Crippen molar-refractivity contribution >= 4 is 28.0 Å². The van der Waals surface area contributed by atoms with Gasteiger partial charge in [0.2, 0.25) is 0 Å². The van der Waals surface area contributed by atoms with Crippen LogP contribution in [0.4, 0.5) is 8.78 Å². The van der Waals surface area contributed by atoms with E-state index < -0.39 is 17.6 Å². The number of carboxylic acid groups (broad SMARTS) is 1. The fourth-order valence-electron chi connectivity index (χ4n) is 1.59. The molecule has 6 heteroatoms. The van der Waals surface area contributed by atoms with E-state index in [1.807, 2.05) is 0 Å². The van der Waals surface area contributed by atoms with Crippen molar-refractivity contribution in [3.63, 3.8) is 0 Å². The van der Waals surface area contributed by atoms with Gasteiger partial charge in [-0.2, -0.15) is 0 Å². The van der Waals surface area contributed by atoms with Gasteiger partial charge in [0.15, 0.2) is 11.6 Å². The van der Waals surface area contributed by atoms with E-state index in [4.69, 9.17) is 9.84 Å². The van der Waals surface area contributed by atoms with Crippen molar-refractivity contribution in [2.75, 3.05) is 0 Å². The quantitative estimate of drug-likeness (QED) is 0.815. The van der Waals surface area contributed by atoms with Crippen molar-refractivity contribution in [2.45, 2.75) is 0 Å². The number of rotatable bonds is 4. The van der Waals surface area contributed by atoms with Crippen LogP contribution >= 0.6 is 15.9 Å². The van der Waals surface area contributed by atoms with Crippen molar-refractivity contribution in [1.29, 1.82) is 0 Å². The summed E-state index contributed by atoms with van der Waals surface area (Å²) in [5.74, 6) is -2.25. The Bertz CT molecular complexity index is 694. The number of hydrogen-bond acceptors (Lipinski definition) is 2. The third-order valence-electron chi connectivity index (χ3n) is 2.44. The number of ether oxygens (including phenoxy) is 1. The van der Waals surface area contributed by atoms with Crippen LogP contribution in [0.5, 0.6) is 11.5 Å². The molecule has 2 aromatic rings. The lowest BCUT2D eigenvalue weighted by molar-refractivity contribution is -0.131. The molecule has 0 aliphatic heterocycles. The Morgan fingerprint density at radius 3 is 2.57 bits per heavy atom. The molecule has 0 aliphatic carbocycles. The van der Waals surface area contributed by atoms with Crippen LogP contribution in [0.25, 0.3) is 6.08 Å². The highest BCUT2D eigenvalue weighted by atomic mass is 79.9. The molecule has 2 rings (SSSR count). The number of halogens is 3. The van der Waals surface area contributed by atoms with Crippen LogP contribution in [-0.2, 0) is 4.79 Å². The molecular formula is C15H9BrF2O3. The SMILES string of the molecule is O=C(O)/C=C/c1ccc(Oc2cc(F)cc(Br)c2)c(F)c1. The number of carboxylic acids is 1. The van der Waals surface area contributed by atoms with Crippen molar-refractivity contribution in [3.05, 3.63) is 64.1 Å². The zero-order valence-electron chi connectivity index (χ0n) is 10.5. The van der Waals surface area contributed by atoms with E-state index in [1.54, 1.807) is 0 Å². The second kappa shape index (κ2) is 6.49. The number of benzene rings is 2. The van der Waals surface area contributed by atoms with Gasteiger partial charge < -0.3 is 9.84 Å². The maximum absolute atomic E-state index is 13.8. The largest absolute Gasteiger partial charge is 0.478 e. The molecule has 0 fully saturated rings. The smallest absolute Gasteiger partial charge is 0.328 e. The average Bonchev–Trinajstić information content (AvgIpc) is 2.38. The third-order valence-corrected chi connectivity index (χ3v) is 2.90. The first kappa shape index (κ1) is 15.2. The second-order valence-electron chi connectivity index (χ2n) is 4.07. The van der Waals surface area contributed by atoms with Gasteiger partial charge in [0.05, 0.1) is 0 Å². The molecule has 2 aromatic carbocycles. The van der Waals surface area contributed by atoms with E-state index in [9.17, 15) is 13.6 Å². The fraction of sp³-hybridized carbons (Fsp3) is 0. The predicted molar refractivity (Wildman–Crippen MR) is 77.2 cm³/mol. The number of carbonyl (C=O) groups is 1. The molecule has 0 amide bonds. The van der Waals surface area contributed by atoms with Gasteiger partial charge in [0, 0.05) is 16.6 Å². The molecule has 0 radical (unpaired) electrons. The lowest BCUT2D eigenvalue weighted by atomic mass is 10.2. The molecule has 3 nitrogen and oxygen atoms in total. The normalized spacial score (nSPS) is 10.8. The van der Waals surface area contributed by atoms with Gasteiger partial charge in [-0.15, -0.1) is 0 Å². The molecule has 0 unspecified atom stereocenters. The van der Waals surface area contributed by atoms with Crippen LogP contribution in [0.1, 0.15) is 5.56 Å². The minimum Gasteiger partial charge on any atom is -0.478 e. The molecular weight excluding hydrogens is 346 g/mol. The summed E-state index contributed by atoms with van der Waals surface area (Å²) in [5.41, 5.74) is 0.377. The Kier molecular flexibility index (Phi) is 4.70. The molecule has 0 aromatic heterocycles. The molecule has 0 saturated heterocycles. The summed E-state index contributed by atoms with van der Waals surface area (Å²) in [7, 11) is 0. The topological polar surface area (TPSA) is 46.5 Å². The van der Waals surface area contributed by atoms with Crippen LogP contribution < -0.4 is 4.74 Å². The Hall–Kier alpha value is -2.21. The first-order valence-electron chi connectivity index (χ1n) is 5.78. The Balaban J connectivity index is 2.23. The summed E-state index contributed by atoms with van der Waals surface area (Å²) in [6.45, 7) is 0. The highest BCUT2D eigenvalue weighted by Gasteiger charge is 2.07. The molecule has 1 N–H and O–H groups in total. The predicted octanol–water partition coefficient (Wildman–Crippen LogP) is 4.62. The van der Waals surface area contributed by atoms with Crippen LogP contribution in [0.2, 0.25) is 0 Å². The molecule has 0 atom stereocenters. The van der Waals surface area contributed by atoms with Crippen LogP contribution in [0.3, 0.4) is 0 Å². The van der Waals surface area contributed by atoms with Crippen molar-refractivity contribution in [2.24, 2.45) is 0 Å². The van der Waals surface area contributed by atoms with Crippen LogP contribution in [-0.4, -0.2) is 11.1 Å². The maximum atomic E-state index is 13.8. The van der Waals surface area contributed by atoms with Gasteiger partial charge in [0.25, 0.3) is 0 Å². The summed E-state index contributed by atoms with van der Waals surface area (Å²) in [6.07, 6.45) is 2.16. The highest BCUT2D eigenvalue weighted by molar-refractivity contribution is 9.10. The molecule has 0 spiro atoms. The summed E-state index contributed by atoms with van der Waals surface area (Å²) in [5, 5.41) is 8.50. The van der Waals surface area contributed by atoms with Gasteiger partial charge >= 0.3 is 5.97 Å². The fourth-order valence-corrected chi connectivity index (χ4v) is 2.03. The molecule has 0 saturated carbocycles. The van der Waals surface area contributed by atoms with Crippen LogP contribution in [0.15, 0.2) is 46.9 Å². The van der Waals surface area contributed by atoms with E-state index in [2.05, 4.69) is 15.9 Å². The first-order chi connectivity index (χ1) is 9.94. The van der Waals surface area contributed by atoms with Gasteiger partial charge in [-0.1, -0.05) is 22.0 Å². The zero-order chi connectivity index (χ0) is 15.4. The van der Waals surface area contributed by atoms with Gasteiger partial charge in [-0.05, 0) is 35.9 Å². The minimum absolute atomic E-state index is 0.0834. The standard InChI is InChI=1S/C15H9BrF2O3/c16-10-6-11(17)8-12(7-10)21-14-3-1-9(5-13(14)18)2-4-15(19)20/h1-8H,(H,19,20)/b4-2+. The summed E-state index contributed by atoms with van der Waals surface area (Å²) in [4.78, 5) is 10.4. The van der Waals surface area contributed by atoms with Gasteiger partial charge in [-0.25, -0.2) is 13.6 Å². The first-order valence-corrected chi connectivity index (χ1v) is 6.58. The lowest BCUT2D eigenvalue weighted by Gasteiger charge is -2.08. The minimum atomic E-state index is -1.12. The summed E-state index contributed by atoms with van der Waals surface area (Å²) >= 11 is 3.11. The maximum Gasteiger partial charge on any atom is 0.328 e. The molecule has 0 aliphatic rings. The Morgan fingerprint density at radius 1 is 1.19 bits per heavy atom. The third kappa shape index (κ3) is 4.39. The molecule has 108 valence electrons. The van der Waals surface area contributed by atoms with E-state index in [-0.39, 0.29) is 11.5 Å². The lowest BCUT2D eigenvalue weighted by Crippen LogP contribution is -1.91. The number of aliphatic carboxylic acids is 1. The number of hydrogen-bond donors (Lipinski definition) is 1. The summed E-state index contributed by atoms with van der Waals surface area (Å²) < 4.78 is 32.8. The average molecular weight is 355 g/mol. The highest BCUT2D eigenvalue weighted by Crippen LogP contribution is 2.28. The van der Waals surface area contributed by atoms with Crippen LogP contribution in [0, 0.1) is 11.6 Å². The van der Waals surface area contributed by atoms with E-state index in [0.29, 0.717) is 10.0 Å². The molecule has 21 heavy (non-hydrogen) atoms. The zero-order valence-corrected chi connectivity index (χ0v) is 12.1. The second-order valence-corrected chi connectivity index (χ2v) is 4.98. The van der Waals surface area contributed by atoms with Crippen molar-refractivity contribution in [3.8, 4) is 11.5 Å². The molecule has 0 heterocycles. The summed E-state index contributed by atoms with van der Waals surface area (Å²) in [6, 6.07) is 7.84. The van der Waals surface area contributed by atoms with E-state index in [1.165, 1.54) is 30.3 Å². The Labute approximate surface area is 127 Å². The molecule has 0 bridgehead atoms. The van der Waals surface area contributed by atoms with Crippen molar-refractivity contribution in [1.82, 2.24) is 0 Å².